The van der Waals surface area contributed by atoms with Crippen LogP contribution in [-0.4, -0.2) is 10.7 Å². The van der Waals surface area contributed by atoms with Gasteiger partial charge < -0.3 is 5.11 Å². The van der Waals surface area contributed by atoms with E-state index in [9.17, 15) is 9.50 Å². The van der Waals surface area contributed by atoms with E-state index in [1.54, 1.807) is 6.07 Å². The standard InChI is InChI=1S/C11H13FO/c1-8-3-2-4-10(12)9(8)7-11(13)5-6-11/h2-4,13H,5-7H2,1H3. The van der Waals surface area contributed by atoms with Crippen LogP contribution < -0.4 is 0 Å². The zero-order valence-corrected chi connectivity index (χ0v) is 7.68. The average molecular weight is 180 g/mol. The van der Waals surface area contributed by atoms with Gasteiger partial charge in [0.1, 0.15) is 5.82 Å². The van der Waals surface area contributed by atoms with E-state index in [4.69, 9.17) is 0 Å². The molecule has 0 heterocycles. The third-order valence-corrected chi connectivity index (χ3v) is 2.69. The average Bonchev–Trinajstić information content (AvgIpc) is 2.78. The Balaban J connectivity index is 2.28. The van der Waals surface area contributed by atoms with Gasteiger partial charge in [0.25, 0.3) is 0 Å². The van der Waals surface area contributed by atoms with Gasteiger partial charge in [-0.3, -0.25) is 0 Å². The van der Waals surface area contributed by atoms with Crippen LogP contribution in [0.1, 0.15) is 24.0 Å². The Bertz CT molecular complexity index is 309. The van der Waals surface area contributed by atoms with Crippen molar-refractivity contribution in [2.24, 2.45) is 0 Å². The highest BCUT2D eigenvalue weighted by atomic mass is 19.1. The van der Waals surface area contributed by atoms with Gasteiger partial charge in [0.2, 0.25) is 0 Å². The molecule has 2 heteroatoms. The second-order valence-corrected chi connectivity index (χ2v) is 3.94. The van der Waals surface area contributed by atoms with Crippen LogP contribution in [0.2, 0.25) is 0 Å². The third-order valence-electron chi connectivity index (χ3n) is 2.69. The lowest BCUT2D eigenvalue weighted by Gasteiger charge is -2.10. The summed E-state index contributed by atoms with van der Waals surface area (Å²) in [4.78, 5) is 0. The first-order valence-electron chi connectivity index (χ1n) is 4.57. The third kappa shape index (κ3) is 1.73. The van der Waals surface area contributed by atoms with Crippen molar-refractivity contribution in [3.05, 3.63) is 35.1 Å². The van der Waals surface area contributed by atoms with Crippen molar-refractivity contribution in [2.45, 2.75) is 31.8 Å². The highest BCUT2D eigenvalue weighted by Crippen LogP contribution is 2.39. The van der Waals surface area contributed by atoms with Gasteiger partial charge >= 0.3 is 0 Å². The summed E-state index contributed by atoms with van der Waals surface area (Å²) >= 11 is 0. The van der Waals surface area contributed by atoms with Crippen LogP contribution >= 0.6 is 0 Å². The summed E-state index contributed by atoms with van der Waals surface area (Å²) in [6.07, 6.45) is 2.08. The Hall–Kier alpha value is -0.890. The number of benzene rings is 1. The van der Waals surface area contributed by atoms with Crippen molar-refractivity contribution in [2.75, 3.05) is 0 Å². The lowest BCUT2D eigenvalue weighted by atomic mass is 10.0. The number of halogens is 1. The monoisotopic (exact) mass is 180 g/mol. The molecule has 1 aliphatic carbocycles. The minimum absolute atomic E-state index is 0.194. The summed E-state index contributed by atoms with van der Waals surface area (Å²) in [5.74, 6) is -0.194. The fraction of sp³-hybridized carbons (Fsp3) is 0.455. The molecule has 0 aliphatic heterocycles. The van der Waals surface area contributed by atoms with E-state index in [-0.39, 0.29) is 5.82 Å². The van der Waals surface area contributed by atoms with Gasteiger partial charge in [-0.1, -0.05) is 12.1 Å². The molecule has 1 nitrogen and oxygen atoms in total. The first-order chi connectivity index (χ1) is 6.11. The van der Waals surface area contributed by atoms with Crippen molar-refractivity contribution in [1.29, 1.82) is 0 Å². The maximum Gasteiger partial charge on any atom is 0.126 e. The topological polar surface area (TPSA) is 20.2 Å². The quantitative estimate of drug-likeness (QED) is 0.739. The van der Waals surface area contributed by atoms with Crippen molar-refractivity contribution in [3.63, 3.8) is 0 Å². The van der Waals surface area contributed by atoms with Gasteiger partial charge in [0.15, 0.2) is 0 Å². The van der Waals surface area contributed by atoms with Crippen molar-refractivity contribution in [3.8, 4) is 0 Å². The van der Waals surface area contributed by atoms with E-state index < -0.39 is 5.60 Å². The predicted molar refractivity (Wildman–Crippen MR) is 49.0 cm³/mol. The van der Waals surface area contributed by atoms with Gasteiger partial charge in [0.05, 0.1) is 5.60 Å². The Labute approximate surface area is 77.2 Å². The maximum absolute atomic E-state index is 13.3. The van der Waals surface area contributed by atoms with Crippen LogP contribution in [0.15, 0.2) is 18.2 Å². The van der Waals surface area contributed by atoms with Crippen LogP contribution in [0, 0.1) is 12.7 Å². The minimum Gasteiger partial charge on any atom is -0.390 e. The highest BCUT2D eigenvalue weighted by molar-refractivity contribution is 5.29. The van der Waals surface area contributed by atoms with E-state index >= 15 is 0 Å². The number of aliphatic hydroxyl groups is 1. The second kappa shape index (κ2) is 2.81. The van der Waals surface area contributed by atoms with E-state index in [0.717, 1.165) is 18.4 Å². The molecular weight excluding hydrogens is 167 g/mol. The molecule has 0 unspecified atom stereocenters. The molecule has 2 rings (SSSR count). The molecule has 0 aromatic heterocycles. The molecule has 0 amide bonds. The van der Waals surface area contributed by atoms with Crippen molar-refractivity contribution < 1.29 is 9.50 Å². The lowest BCUT2D eigenvalue weighted by molar-refractivity contribution is 0.149. The molecule has 0 saturated heterocycles. The molecule has 1 N–H and O–H groups in total. The number of rotatable bonds is 2. The van der Waals surface area contributed by atoms with Gasteiger partial charge in [-0.25, -0.2) is 4.39 Å². The smallest absolute Gasteiger partial charge is 0.126 e. The number of hydrogen-bond donors (Lipinski definition) is 1. The van der Waals surface area contributed by atoms with Crippen LogP contribution in [0.5, 0.6) is 0 Å². The number of hydrogen-bond acceptors (Lipinski definition) is 1. The molecule has 1 fully saturated rings. The summed E-state index contributed by atoms with van der Waals surface area (Å²) in [7, 11) is 0. The van der Waals surface area contributed by atoms with E-state index in [0.29, 0.717) is 12.0 Å². The molecule has 1 aliphatic rings. The lowest BCUT2D eigenvalue weighted by Crippen LogP contribution is -2.13. The van der Waals surface area contributed by atoms with Crippen LogP contribution in [-0.2, 0) is 6.42 Å². The van der Waals surface area contributed by atoms with E-state index in [1.165, 1.54) is 6.07 Å². The summed E-state index contributed by atoms with van der Waals surface area (Å²) < 4.78 is 13.3. The zero-order chi connectivity index (χ0) is 9.47. The molecule has 1 saturated carbocycles. The summed E-state index contributed by atoms with van der Waals surface area (Å²) in [5, 5.41) is 9.66. The fourth-order valence-corrected chi connectivity index (χ4v) is 1.54. The fourth-order valence-electron chi connectivity index (χ4n) is 1.54. The Kier molecular flexibility index (Phi) is 1.88. The maximum atomic E-state index is 13.3. The summed E-state index contributed by atoms with van der Waals surface area (Å²) in [5.41, 5.74) is 0.996. The SMILES string of the molecule is Cc1cccc(F)c1CC1(O)CC1. The van der Waals surface area contributed by atoms with Crippen molar-refractivity contribution >= 4 is 0 Å². The van der Waals surface area contributed by atoms with E-state index in [2.05, 4.69) is 0 Å². The Morgan fingerprint density at radius 3 is 2.69 bits per heavy atom. The first kappa shape index (κ1) is 8.70. The van der Waals surface area contributed by atoms with Crippen LogP contribution in [0.3, 0.4) is 0 Å². The van der Waals surface area contributed by atoms with Gasteiger partial charge in [-0.2, -0.15) is 0 Å². The van der Waals surface area contributed by atoms with Gasteiger partial charge in [-0.05, 0) is 37.0 Å². The van der Waals surface area contributed by atoms with Crippen LogP contribution in [0.4, 0.5) is 4.39 Å². The molecule has 0 spiro atoms. The molecule has 13 heavy (non-hydrogen) atoms. The summed E-state index contributed by atoms with van der Waals surface area (Å²) in [6.45, 7) is 1.88. The predicted octanol–water partition coefficient (Wildman–Crippen LogP) is 2.20. The normalized spacial score (nSPS) is 18.7. The van der Waals surface area contributed by atoms with Gasteiger partial charge in [0, 0.05) is 6.42 Å². The first-order valence-corrected chi connectivity index (χ1v) is 4.57. The molecule has 0 bridgehead atoms. The highest BCUT2D eigenvalue weighted by Gasteiger charge is 2.40. The molecule has 1 aromatic rings. The Morgan fingerprint density at radius 2 is 2.15 bits per heavy atom. The van der Waals surface area contributed by atoms with Crippen molar-refractivity contribution in [1.82, 2.24) is 0 Å². The largest absolute Gasteiger partial charge is 0.390 e. The molecular formula is C11H13FO. The van der Waals surface area contributed by atoms with Gasteiger partial charge in [-0.15, -0.1) is 0 Å². The Morgan fingerprint density at radius 1 is 1.46 bits per heavy atom. The zero-order valence-electron chi connectivity index (χ0n) is 7.68. The second-order valence-electron chi connectivity index (χ2n) is 3.94. The van der Waals surface area contributed by atoms with Crippen LogP contribution in [0.25, 0.3) is 0 Å². The molecule has 70 valence electrons. The number of aryl methyl sites for hydroxylation is 1. The summed E-state index contributed by atoms with van der Waals surface area (Å²) in [6, 6.07) is 5.03. The molecule has 1 aromatic carbocycles. The van der Waals surface area contributed by atoms with E-state index in [1.807, 2.05) is 13.0 Å². The molecule has 0 radical (unpaired) electrons. The minimum atomic E-state index is -0.604. The molecule has 0 atom stereocenters.